The van der Waals surface area contributed by atoms with Gasteiger partial charge in [-0.2, -0.15) is 5.10 Å². The number of methoxy groups -OCH3 is 1. The van der Waals surface area contributed by atoms with Crippen molar-refractivity contribution in [3.8, 4) is 5.75 Å². The Labute approximate surface area is 191 Å². The van der Waals surface area contributed by atoms with Gasteiger partial charge in [-0.25, -0.2) is 13.1 Å². The molecule has 9 heteroatoms. The van der Waals surface area contributed by atoms with Crippen LogP contribution in [0.15, 0.2) is 96.0 Å². The molecule has 0 atom stereocenters. The number of ether oxygens (including phenoxy) is 1. The molecule has 0 saturated heterocycles. The lowest BCUT2D eigenvalue weighted by Gasteiger charge is -2.12. The lowest BCUT2D eigenvalue weighted by molar-refractivity contribution is 0.102. The monoisotopic (exact) mass is 462 g/mol. The standard InChI is InChI=1S/C24H22N4O4S/c1-32-22-10-6-5-9-21(22)27-33(30,31)20-13-11-19(12-14-20)24(29)26-23-15-16-25-28(23)17-18-7-3-2-4-8-18/h2-16,27H,17H2,1H3,(H,26,29). The number of carbonyl (C=O) groups excluding carboxylic acids is 1. The topological polar surface area (TPSA) is 102 Å². The zero-order valence-electron chi connectivity index (χ0n) is 17.8. The molecule has 3 aromatic carbocycles. The van der Waals surface area contributed by atoms with Crippen molar-refractivity contribution in [2.24, 2.45) is 0 Å². The fourth-order valence-corrected chi connectivity index (χ4v) is 4.30. The van der Waals surface area contributed by atoms with Crippen LogP contribution in [0, 0.1) is 0 Å². The van der Waals surface area contributed by atoms with Crippen molar-refractivity contribution in [1.82, 2.24) is 9.78 Å². The Morgan fingerprint density at radius 1 is 0.939 bits per heavy atom. The molecule has 8 nitrogen and oxygen atoms in total. The molecule has 2 N–H and O–H groups in total. The van der Waals surface area contributed by atoms with Gasteiger partial charge >= 0.3 is 0 Å². The van der Waals surface area contributed by atoms with Gasteiger partial charge in [0.15, 0.2) is 0 Å². The third kappa shape index (κ3) is 5.21. The van der Waals surface area contributed by atoms with Gasteiger partial charge in [-0.05, 0) is 42.0 Å². The van der Waals surface area contributed by atoms with Crippen LogP contribution in [0.4, 0.5) is 11.5 Å². The molecule has 0 aliphatic heterocycles. The smallest absolute Gasteiger partial charge is 0.262 e. The van der Waals surface area contributed by atoms with E-state index in [-0.39, 0.29) is 10.8 Å². The van der Waals surface area contributed by atoms with E-state index >= 15 is 0 Å². The molecule has 4 rings (SSSR count). The fraction of sp³-hybridized carbons (Fsp3) is 0.0833. The van der Waals surface area contributed by atoms with E-state index in [1.165, 1.54) is 31.4 Å². The van der Waals surface area contributed by atoms with E-state index in [0.717, 1.165) is 5.56 Å². The van der Waals surface area contributed by atoms with E-state index in [1.807, 2.05) is 30.3 Å². The second-order valence-corrected chi connectivity index (χ2v) is 8.83. The summed E-state index contributed by atoms with van der Waals surface area (Å²) in [6, 6.07) is 23.9. The van der Waals surface area contributed by atoms with Crippen LogP contribution in [-0.2, 0) is 16.6 Å². The van der Waals surface area contributed by atoms with Gasteiger partial charge in [-0.1, -0.05) is 42.5 Å². The van der Waals surface area contributed by atoms with Crippen LogP contribution >= 0.6 is 0 Å². The SMILES string of the molecule is COc1ccccc1NS(=O)(=O)c1ccc(C(=O)Nc2ccnn2Cc2ccccc2)cc1. The Morgan fingerprint density at radius 2 is 1.64 bits per heavy atom. The lowest BCUT2D eigenvalue weighted by atomic mass is 10.2. The molecule has 0 aliphatic carbocycles. The zero-order valence-corrected chi connectivity index (χ0v) is 18.6. The maximum absolute atomic E-state index is 12.7. The largest absolute Gasteiger partial charge is 0.495 e. The average Bonchev–Trinajstić information content (AvgIpc) is 3.26. The number of benzene rings is 3. The normalized spacial score (nSPS) is 11.1. The summed E-state index contributed by atoms with van der Waals surface area (Å²) < 4.78 is 34.9. The summed E-state index contributed by atoms with van der Waals surface area (Å²) in [5, 5.41) is 7.08. The molecule has 0 bridgehead atoms. The van der Waals surface area contributed by atoms with Crippen molar-refractivity contribution in [3.63, 3.8) is 0 Å². The molecule has 0 fully saturated rings. The summed E-state index contributed by atoms with van der Waals surface area (Å²) in [7, 11) is -2.39. The summed E-state index contributed by atoms with van der Waals surface area (Å²) >= 11 is 0. The number of carbonyl (C=O) groups is 1. The highest BCUT2D eigenvalue weighted by molar-refractivity contribution is 7.92. The highest BCUT2D eigenvalue weighted by Crippen LogP contribution is 2.26. The predicted octanol–water partition coefficient (Wildman–Crippen LogP) is 3.99. The summed E-state index contributed by atoms with van der Waals surface area (Å²) in [6.07, 6.45) is 1.61. The Hall–Kier alpha value is -4.11. The van der Waals surface area contributed by atoms with Crippen LogP contribution < -0.4 is 14.8 Å². The van der Waals surface area contributed by atoms with Crippen LogP contribution in [-0.4, -0.2) is 31.2 Å². The fourth-order valence-electron chi connectivity index (χ4n) is 3.23. The first-order valence-corrected chi connectivity index (χ1v) is 11.6. The first-order chi connectivity index (χ1) is 16.0. The number of sulfonamides is 1. The minimum atomic E-state index is -3.86. The molecule has 4 aromatic rings. The van der Waals surface area contributed by atoms with Crippen molar-refractivity contribution >= 4 is 27.4 Å². The third-order valence-electron chi connectivity index (χ3n) is 4.91. The van der Waals surface area contributed by atoms with E-state index < -0.39 is 10.0 Å². The Morgan fingerprint density at radius 3 is 2.36 bits per heavy atom. The van der Waals surface area contributed by atoms with Crippen molar-refractivity contribution in [2.45, 2.75) is 11.4 Å². The maximum Gasteiger partial charge on any atom is 0.262 e. The molecule has 1 heterocycles. The van der Waals surface area contributed by atoms with Crippen molar-refractivity contribution in [2.75, 3.05) is 17.1 Å². The summed E-state index contributed by atoms with van der Waals surface area (Å²) in [4.78, 5) is 12.7. The Kier molecular flexibility index (Phi) is 6.41. The van der Waals surface area contributed by atoms with Crippen LogP contribution in [0.3, 0.4) is 0 Å². The summed E-state index contributed by atoms with van der Waals surface area (Å²) in [6.45, 7) is 0.509. The van der Waals surface area contributed by atoms with E-state index in [2.05, 4.69) is 15.1 Å². The van der Waals surface area contributed by atoms with Crippen LogP contribution in [0.25, 0.3) is 0 Å². The highest BCUT2D eigenvalue weighted by atomic mass is 32.2. The first-order valence-electron chi connectivity index (χ1n) is 10.1. The highest BCUT2D eigenvalue weighted by Gasteiger charge is 2.17. The number of nitrogens with zero attached hydrogens (tertiary/aromatic N) is 2. The van der Waals surface area contributed by atoms with Crippen molar-refractivity contribution in [3.05, 3.63) is 102 Å². The molecule has 0 saturated carbocycles. The molecular formula is C24H22N4O4S. The minimum absolute atomic E-state index is 0.0269. The van der Waals surface area contributed by atoms with Gasteiger partial charge < -0.3 is 10.1 Å². The molecule has 168 valence electrons. The van der Waals surface area contributed by atoms with E-state index in [4.69, 9.17) is 4.74 Å². The molecule has 0 radical (unpaired) electrons. The number of anilines is 2. The summed E-state index contributed by atoms with van der Waals surface area (Å²) in [5.41, 5.74) is 1.70. The van der Waals surface area contributed by atoms with Crippen LogP contribution in [0.5, 0.6) is 5.75 Å². The molecule has 0 spiro atoms. The molecule has 1 amide bonds. The number of para-hydroxylation sites is 2. The number of hydrogen-bond donors (Lipinski definition) is 2. The number of aromatic nitrogens is 2. The number of rotatable bonds is 8. The quantitative estimate of drug-likeness (QED) is 0.412. The minimum Gasteiger partial charge on any atom is -0.495 e. The number of nitrogens with one attached hydrogen (secondary N) is 2. The van der Waals surface area contributed by atoms with Gasteiger partial charge in [0.05, 0.1) is 30.4 Å². The predicted molar refractivity (Wildman–Crippen MR) is 126 cm³/mol. The second-order valence-electron chi connectivity index (χ2n) is 7.14. The van der Waals surface area contributed by atoms with E-state index in [0.29, 0.717) is 29.4 Å². The molecule has 0 aliphatic rings. The van der Waals surface area contributed by atoms with Gasteiger partial charge in [0.25, 0.3) is 15.9 Å². The molecule has 1 aromatic heterocycles. The van der Waals surface area contributed by atoms with E-state index in [1.54, 1.807) is 41.2 Å². The molecular weight excluding hydrogens is 440 g/mol. The lowest BCUT2D eigenvalue weighted by Crippen LogP contribution is -2.17. The van der Waals surface area contributed by atoms with Gasteiger partial charge in [0.2, 0.25) is 0 Å². The van der Waals surface area contributed by atoms with Gasteiger partial charge in [-0.15, -0.1) is 0 Å². The van der Waals surface area contributed by atoms with Crippen molar-refractivity contribution < 1.29 is 17.9 Å². The molecule has 33 heavy (non-hydrogen) atoms. The maximum atomic E-state index is 12.7. The van der Waals surface area contributed by atoms with E-state index in [9.17, 15) is 13.2 Å². The van der Waals surface area contributed by atoms with Crippen LogP contribution in [0.2, 0.25) is 0 Å². The third-order valence-corrected chi connectivity index (χ3v) is 6.29. The Balaban J connectivity index is 1.46. The van der Waals surface area contributed by atoms with Crippen molar-refractivity contribution in [1.29, 1.82) is 0 Å². The van der Waals surface area contributed by atoms with Gasteiger partial charge in [0, 0.05) is 11.6 Å². The number of hydrogen-bond acceptors (Lipinski definition) is 5. The number of amides is 1. The summed E-state index contributed by atoms with van der Waals surface area (Å²) in [5.74, 6) is 0.578. The van der Waals surface area contributed by atoms with Gasteiger partial charge in [-0.3, -0.25) is 9.52 Å². The Bertz CT molecular complexity index is 1350. The average molecular weight is 463 g/mol. The second kappa shape index (κ2) is 9.58. The van der Waals surface area contributed by atoms with Gasteiger partial charge in [0.1, 0.15) is 11.6 Å². The molecule has 0 unspecified atom stereocenters. The first kappa shape index (κ1) is 22.1. The van der Waals surface area contributed by atoms with Crippen LogP contribution in [0.1, 0.15) is 15.9 Å². The zero-order chi connectivity index (χ0) is 23.3.